The Morgan fingerprint density at radius 1 is 1.07 bits per heavy atom. The average molecular weight is 445 g/mol. The number of aryl methyl sites for hydroxylation is 2. The Morgan fingerprint density at radius 3 is 2.37 bits per heavy atom. The van der Waals surface area contributed by atoms with E-state index < -0.39 is 9.84 Å². The maximum absolute atomic E-state index is 12.7. The van der Waals surface area contributed by atoms with E-state index in [1.165, 1.54) is 11.8 Å². The van der Waals surface area contributed by atoms with E-state index in [4.69, 9.17) is 0 Å². The number of hydrogen-bond acceptors (Lipinski definition) is 6. The van der Waals surface area contributed by atoms with Crippen LogP contribution in [0.25, 0.3) is 0 Å². The minimum absolute atomic E-state index is 0.149. The molecule has 3 rings (SSSR count). The Morgan fingerprint density at radius 2 is 1.73 bits per heavy atom. The molecule has 1 N–H and O–H groups in total. The number of amides is 1. The zero-order chi connectivity index (χ0) is 21.7. The third-order valence-corrected chi connectivity index (χ3v) is 6.96. The molecule has 2 aromatic carbocycles. The van der Waals surface area contributed by atoms with Crippen LogP contribution < -0.4 is 5.32 Å². The molecule has 1 amide bonds. The molecule has 0 aliphatic heterocycles. The van der Waals surface area contributed by atoms with Crippen LogP contribution in [0.2, 0.25) is 0 Å². The van der Waals surface area contributed by atoms with Gasteiger partial charge in [-0.3, -0.25) is 4.79 Å². The summed E-state index contributed by atoms with van der Waals surface area (Å²) in [6.07, 6.45) is 0. The van der Waals surface area contributed by atoms with Crippen molar-refractivity contribution in [1.29, 1.82) is 0 Å². The number of hydrogen-bond donors (Lipinski definition) is 1. The highest BCUT2D eigenvalue weighted by molar-refractivity contribution is 7.99. The second-order valence-corrected chi connectivity index (χ2v) is 9.86. The lowest BCUT2D eigenvalue weighted by molar-refractivity contribution is -0.113. The molecule has 0 aliphatic rings. The molecule has 0 fully saturated rings. The van der Waals surface area contributed by atoms with Gasteiger partial charge in [0.25, 0.3) is 0 Å². The first-order valence-corrected chi connectivity index (χ1v) is 12.1. The van der Waals surface area contributed by atoms with Crippen LogP contribution in [-0.4, -0.2) is 34.8 Å². The van der Waals surface area contributed by atoms with E-state index in [-0.39, 0.29) is 22.3 Å². The topological polar surface area (TPSA) is 93.9 Å². The van der Waals surface area contributed by atoms with Crippen molar-refractivity contribution in [3.05, 3.63) is 65.5 Å². The van der Waals surface area contributed by atoms with E-state index in [1.54, 1.807) is 34.9 Å². The molecular formula is C21H24N4O3S2. The van der Waals surface area contributed by atoms with Gasteiger partial charge < -0.3 is 9.88 Å². The molecule has 7 nitrogen and oxygen atoms in total. The van der Waals surface area contributed by atoms with Crippen molar-refractivity contribution in [3.8, 4) is 0 Å². The van der Waals surface area contributed by atoms with Crippen LogP contribution in [0.15, 0.2) is 58.6 Å². The third-order valence-electron chi connectivity index (χ3n) is 4.37. The normalized spacial score (nSPS) is 11.4. The number of rotatable bonds is 8. The smallest absolute Gasteiger partial charge is 0.234 e. The minimum atomic E-state index is -3.52. The first-order valence-electron chi connectivity index (χ1n) is 9.49. The SMILES string of the molecule is CCn1c(CS(=O)(=O)c2ccccc2)nnc1SCC(=O)Nc1cc(C)cc(C)c1. The molecule has 1 aromatic heterocycles. The summed E-state index contributed by atoms with van der Waals surface area (Å²) in [6, 6.07) is 14.1. The van der Waals surface area contributed by atoms with Gasteiger partial charge in [0, 0.05) is 12.2 Å². The van der Waals surface area contributed by atoms with Gasteiger partial charge in [-0.1, -0.05) is 36.0 Å². The highest BCUT2D eigenvalue weighted by Gasteiger charge is 2.21. The van der Waals surface area contributed by atoms with Crippen LogP contribution in [-0.2, 0) is 26.9 Å². The number of sulfone groups is 1. The molecule has 0 aliphatic carbocycles. The van der Waals surface area contributed by atoms with Crippen LogP contribution in [0, 0.1) is 13.8 Å². The second kappa shape index (κ2) is 9.44. The number of nitrogens with zero attached hydrogens (tertiary/aromatic N) is 3. The molecule has 9 heteroatoms. The number of carbonyl (C=O) groups excluding carboxylic acids is 1. The van der Waals surface area contributed by atoms with Crippen molar-refractivity contribution in [2.45, 2.75) is 43.1 Å². The zero-order valence-electron chi connectivity index (χ0n) is 17.1. The molecule has 0 saturated carbocycles. The summed E-state index contributed by atoms with van der Waals surface area (Å²) in [6.45, 7) is 6.35. The van der Waals surface area contributed by atoms with Crippen LogP contribution in [0.5, 0.6) is 0 Å². The minimum Gasteiger partial charge on any atom is -0.325 e. The number of benzene rings is 2. The van der Waals surface area contributed by atoms with Gasteiger partial charge in [0.05, 0.1) is 10.6 Å². The predicted molar refractivity (Wildman–Crippen MR) is 118 cm³/mol. The second-order valence-electron chi connectivity index (χ2n) is 6.93. The van der Waals surface area contributed by atoms with Gasteiger partial charge in [-0.15, -0.1) is 10.2 Å². The van der Waals surface area contributed by atoms with Crippen LogP contribution in [0.1, 0.15) is 23.9 Å². The third kappa shape index (κ3) is 5.48. The summed E-state index contributed by atoms with van der Waals surface area (Å²) in [7, 11) is -3.52. The first-order chi connectivity index (χ1) is 14.3. The number of carbonyl (C=O) groups is 1. The van der Waals surface area contributed by atoms with Crippen LogP contribution in [0.4, 0.5) is 5.69 Å². The molecule has 158 valence electrons. The molecule has 0 saturated heterocycles. The van der Waals surface area contributed by atoms with Gasteiger partial charge >= 0.3 is 0 Å². The van der Waals surface area contributed by atoms with Crippen LogP contribution >= 0.6 is 11.8 Å². The highest BCUT2D eigenvalue weighted by atomic mass is 32.2. The summed E-state index contributed by atoms with van der Waals surface area (Å²) < 4.78 is 27.0. The van der Waals surface area contributed by atoms with Gasteiger partial charge in [-0.2, -0.15) is 0 Å². The fraction of sp³-hybridized carbons (Fsp3) is 0.286. The monoisotopic (exact) mass is 444 g/mol. The van der Waals surface area contributed by atoms with Gasteiger partial charge in [-0.05, 0) is 56.2 Å². The Bertz CT molecular complexity index is 1120. The van der Waals surface area contributed by atoms with Gasteiger partial charge in [0.1, 0.15) is 11.6 Å². The lowest BCUT2D eigenvalue weighted by atomic mass is 10.1. The van der Waals surface area contributed by atoms with E-state index in [1.807, 2.05) is 39.0 Å². The quantitative estimate of drug-likeness (QED) is 0.533. The molecule has 0 spiro atoms. The predicted octanol–water partition coefficient (Wildman–Crippen LogP) is 3.62. The summed E-state index contributed by atoms with van der Waals surface area (Å²) in [5.41, 5.74) is 2.91. The van der Waals surface area contributed by atoms with Crippen molar-refractivity contribution >= 4 is 33.2 Å². The van der Waals surface area contributed by atoms with E-state index in [2.05, 4.69) is 15.5 Å². The Balaban J connectivity index is 1.67. The van der Waals surface area contributed by atoms with E-state index in [0.29, 0.717) is 17.5 Å². The van der Waals surface area contributed by atoms with Crippen molar-refractivity contribution < 1.29 is 13.2 Å². The number of aromatic nitrogens is 3. The highest BCUT2D eigenvalue weighted by Crippen LogP contribution is 2.21. The van der Waals surface area contributed by atoms with Gasteiger partial charge in [-0.25, -0.2) is 8.42 Å². The molecule has 0 bridgehead atoms. The first kappa shape index (κ1) is 22.0. The van der Waals surface area contributed by atoms with Crippen molar-refractivity contribution in [1.82, 2.24) is 14.8 Å². The molecule has 0 atom stereocenters. The Labute approximate surface area is 180 Å². The number of nitrogens with one attached hydrogen (secondary N) is 1. The molecule has 0 unspecified atom stereocenters. The summed E-state index contributed by atoms with van der Waals surface area (Å²) >= 11 is 1.23. The van der Waals surface area contributed by atoms with E-state index in [0.717, 1.165) is 16.8 Å². The van der Waals surface area contributed by atoms with Crippen molar-refractivity contribution in [2.75, 3.05) is 11.1 Å². The Kier molecular flexibility index (Phi) is 6.94. The maximum atomic E-state index is 12.7. The molecule has 0 radical (unpaired) electrons. The van der Waals surface area contributed by atoms with Crippen molar-refractivity contribution in [2.24, 2.45) is 0 Å². The van der Waals surface area contributed by atoms with E-state index >= 15 is 0 Å². The molecular weight excluding hydrogens is 420 g/mol. The molecule has 30 heavy (non-hydrogen) atoms. The molecule has 3 aromatic rings. The van der Waals surface area contributed by atoms with E-state index in [9.17, 15) is 13.2 Å². The summed E-state index contributed by atoms with van der Waals surface area (Å²) in [5.74, 6) is 0.108. The zero-order valence-corrected chi connectivity index (χ0v) is 18.8. The summed E-state index contributed by atoms with van der Waals surface area (Å²) in [5, 5.41) is 11.6. The maximum Gasteiger partial charge on any atom is 0.234 e. The van der Waals surface area contributed by atoms with Crippen molar-refractivity contribution in [3.63, 3.8) is 0 Å². The van der Waals surface area contributed by atoms with Gasteiger partial charge in [0.2, 0.25) is 5.91 Å². The molecule has 1 heterocycles. The number of anilines is 1. The lowest BCUT2D eigenvalue weighted by Gasteiger charge is -2.09. The fourth-order valence-corrected chi connectivity index (χ4v) is 5.22. The van der Waals surface area contributed by atoms with Crippen LogP contribution in [0.3, 0.4) is 0 Å². The van der Waals surface area contributed by atoms with Gasteiger partial charge in [0.15, 0.2) is 15.0 Å². The summed E-state index contributed by atoms with van der Waals surface area (Å²) in [4.78, 5) is 12.6. The number of thioether (sulfide) groups is 1. The lowest BCUT2D eigenvalue weighted by Crippen LogP contribution is -2.15. The Hall–Kier alpha value is -2.65. The fourth-order valence-electron chi connectivity index (χ4n) is 3.11. The standard InChI is InChI=1S/C21H24N4O3S2/c1-4-25-19(14-30(27,28)18-8-6-5-7-9-18)23-24-21(25)29-13-20(26)22-17-11-15(2)10-16(3)12-17/h5-12H,4,13-14H2,1-3H3,(H,22,26). The largest absolute Gasteiger partial charge is 0.325 e. The average Bonchev–Trinajstić information content (AvgIpc) is 3.07.